The van der Waals surface area contributed by atoms with Gasteiger partial charge in [0.2, 0.25) is 5.89 Å². The van der Waals surface area contributed by atoms with E-state index in [1.807, 2.05) is 60.7 Å². The number of fused-ring (bicyclic) bond motifs is 2. The molecule has 0 spiro atoms. The topological polar surface area (TPSA) is 84.9 Å². The molecule has 1 N–H and O–H groups in total. The van der Waals surface area contributed by atoms with Crippen LogP contribution in [0.5, 0.6) is 11.5 Å². The van der Waals surface area contributed by atoms with Gasteiger partial charge in [0.25, 0.3) is 0 Å². The van der Waals surface area contributed by atoms with Gasteiger partial charge in [-0.2, -0.15) is 0 Å². The number of esters is 1. The fourth-order valence-corrected chi connectivity index (χ4v) is 4.46. The van der Waals surface area contributed by atoms with Crippen molar-refractivity contribution in [2.45, 2.75) is 0 Å². The van der Waals surface area contributed by atoms with E-state index in [2.05, 4.69) is 25.9 Å². The van der Waals surface area contributed by atoms with Crippen LogP contribution in [0.1, 0.15) is 15.9 Å². The number of benzene rings is 5. The average Bonchev–Trinajstić information content (AvgIpc) is 3.35. The zero-order valence-corrected chi connectivity index (χ0v) is 21.4. The molecule has 0 aliphatic heterocycles. The van der Waals surface area contributed by atoms with Gasteiger partial charge >= 0.3 is 5.97 Å². The molecule has 0 aliphatic rings. The van der Waals surface area contributed by atoms with Crippen LogP contribution in [0, 0.1) is 0 Å². The molecule has 0 atom stereocenters. The summed E-state index contributed by atoms with van der Waals surface area (Å²) in [6.45, 7) is 0. The quantitative estimate of drug-likeness (QED) is 0.130. The molecule has 0 amide bonds. The molecule has 0 bridgehead atoms. The first-order chi connectivity index (χ1) is 18.5. The number of phenolic OH excluding ortho intramolecular Hbond substituents is 1. The van der Waals surface area contributed by atoms with Crippen molar-refractivity contribution in [1.29, 1.82) is 0 Å². The summed E-state index contributed by atoms with van der Waals surface area (Å²) in [5.74, 6) is 0.474. The van der Waals surface area contributed by atoms with Crippen LogP contribution in [0.2, 0.25) is 0 Å². The van der Waals surface area contributed by atoms with Crippen LogP contribution >= 0.6 is 15.9 Å². The Kier molecular flexibility index (Phi) is 6.19. The van der Waals surface area contributed by atoms with Gasteiger partial charge in [0.05, 0.1) is 16.8 Å². The number of phenols is 1. The molecule has 38 heavy (non-hydrogen) atoms. The van der Waals surface area contributed by atoms with Gasteiger partial charge in [0, 0.05) is 10.7 Å². The Morgan fingerprint density at radius 1 is 0.895 bits per heavy atom. The summed E-state index contributed by atoms with van der Waals surface area (Å²) in [6, 6.07) is 31.0. The smallest absolute Gasteiger partial charge is 0.343 e. The third-order valence-corrected chi connectivity index (χ3v) is 6.47. The summed E-state index contributed by atoms with van der Waals surface area (Å²) in [5.41, 5.74) is 3.78. The maximum Gasteiger partial charge on any atom is 0.343 e. The highest BCUT2D eigenvalue weighted by Gasteiger charge is 2.14. The number of aromatic nitrogens is 1. The second-order valence-corrected chi connectivity index (χ2v) is 9.53. The van der Waals surface area contributed by atoms with Crippen LogP contribution in [-0.4, -0.2) is 22.3 Å². The molecule has 6 rings (SSSR count). The Bertz CT molecular complexity index is 1840. The number of hydrogen-bond acceptors (Lipinski definition) is 6. The molecular weight excluding hydrogens is 544 g/mol. The van der Waals surface area contributed by atoms with Crippen LogP contribution in [-0.2, 0) is 0 Å². The molecular formula is C31H19BrN2O4. The number of aromatic hydroxyl groups is 1. The number of halogens is 1. The molecule has 0 radical (unpaired) electrons. The first kappa shape index (κ1) is 23.6. The maximum atomic E-state index is 12.3. The lowest BCUT2D eigenvalue weighted by atomic mass is 10.1. The van der Waals surface area contributed by atoms with Gasteiger partial charge in [-0.3, -0.25) is 4.99 Å². The van der Waals surface area contributed by atoms with Gasteiger partial charge in [-0.25, -0.2) is 9.78 Å². The summed E-state index contributed by atoms with van der Waals surface area (Å²) < 4.78 is 12.2. The number of nitrogens with zero attached hydrogens (tertiary/aromatic N) is 2. The fraction of sp³-hybridized carbons (Fsp3) is 0. The molecule has 0 fully saturated rings. The van der Waals surface area contributed by atoms with Crippen molar-refractivity contribution < 1.29 is 19.1 Å². The van der Waals surface area contributed by atoms with Gasteiger partial charge in [0.1, 0.15) is 17.0 Å². The van der Waals surface area contributed by atoms with Crippen LogP contribution in [0.4, 0.5) is 5.69 Å². The van der Waals surface area contributed by atoms with Crippen LogP contribution in [0.3, 0.4) is 0 Å². The van der Waals surface area contributed by atoms with E-state index < -0.39 is 5.97 Å². The third-order valence-electron chi connectivity index (χ3n) is 5.98. The Morgan fingerprint density at radius 2 is 1.68 bits per heavy atom. The van der Waals surface area contributed by atoms with Crippen molar-refractivity contribution in [2.75, 3.05) is 0 Å². The molecule has 6 nitrogen and oxygen atoms in total. The molecule has 1 heterocycles. The van der Waals surface area contributed by atoms with E-state index in [4.69, 9.17) is 9.15 Å². The first-order valence-corrected chi connectivity index (χ1v) is 12.6. The van der Waals surface area contributed by atoms with Gasteiger partial charge in [-0.1, -0.05) is 46.3 Å². The minimum atomic E-state index is -0.426. The number of ether oxygens (including phenoxy) is 1. The second-order valence-electron chi connectivity index (χ2n) is 8.61. The van der Waals surface area contributed by atoms with Crippen molar-refractivity contribution >= 4 is 55.7 Å². The lowest BCUT2D eigenvalue weighted by Gasteiger charge is -2.05. The van der Waals surface area contributed by atoms with E-state index in [-0.39, 0.29) is 5.75 Å². The molecule has 1 aromatic heterocycles. The highest BCUT2D eigenvalue weighted by molar-refractivity contribution is 9.10. The summed E-state index contributed by atoms with van der Waals surface area (Å²) in [5, 5.41) is 12.5. The minimum Gasteiger partial charge on any atom is -0.507 e. The number of oxazole rings is 1. The van der Waals surface area contributed by atoms with Gasteiger partial charge in [-0.05, 0) is 89.1 Å². The monoisotopic (exact) mass is 562 g/mol. The molecule has 0 aliphatic carbocycles. The largest absolute Gasteiger partial charge is 0.507 e. The van der Waals surface area contributed by atoms with Crippen molar-refractivity contribution in [2.24, 2.45) is 4.99 Å². The fourth-order valence-electron chi connectivity index (χ4n) is 4.06. The summed E-state index contributed by atoms with van der Waals surface area (Å²) in [4.78, 5) is 21.5. The van der Waals surface area contributed by atoms with Gasteiger partial charge < -0.3 is 14.3 Å². The Balaban J connectivity index is 1.19. The number of carbonyl (C=O) groups is 1. The number of rotatable bonds is 5. The lowest BCUT2D eigenvalue weighted by molar-refractivity contribution is 0.0734. The summed E-state index contributed by atoms with van der Waals surface area (Å²) >= 11 is 3.36. The first-order valence-electron chi connectivity index (χ1n) is 11.8. The molecule has 5 aromatic carbocycles. The SMILES string of the molecule is O=C(Oc1ccc(C=Nc2ccc3oc(-c4cc5ccccc5cc4O)nc3c2)cc1)c1cccc(Br)c1. The van der Waals surface area contributed by atoms with Gasteiger partial charge in [-0.15, -0.1) is 0 Å². The van der Waals surface area contributed by atoms with E-state index >= 15 is 0 Å². The number of hydrogen-bond donors (Lipinski definition) is 1. The summed E-state index contributed by atoms with van der Waals surface area (Å²) in [6.07, 6.45) is 1.72. The molecule has 7 heteroatoms. The highest BCUT2D eigenvalue weighted by atomic mass is 79.9. The second kappa shape index (κ2) is 9.95. The van der Waals surface area contributed by atoms with Crippen LogP contribution in [0.25, 0.3) is 33.3 Å². The predicted molar refractivity (Wildman–Crippen MR) is 151 cm³/mol. The van der Waals surface area contributed by atoms with E-state index in [9.17, 15) is 9.90 Å². The standard InChI is InChI=1S/C31H19BrN2O4/c32-23-7-3-6-22(14-23)31(36)37-25-11-8-19(9-12-25)18-33-24-10-13-29-27(17-24)34-30(38-29)26-15-20-4-1-2-5-21(20)16-28(26)35/h1-18,35H. The average molecular weight is 563 g/mol. The van der Waals surface area contributed by atoms with Crippen LogP contribution in [0.15, 0.2) is 117 Å². The van der Waals surface area contributed by atoms with E-state index in [1.165, 1.54) is 0 Å². The number of carbonyl (C=O) groups excluding carboxylic acids is 1. The predicted octanol–water partition coefficient (Wildman–Crippen LogP) is 8.09. The normalized spacial score (nSPS) is 11.4. The van der Waals surface area contributed by atoms with Crippen molar-refractivity contribution in [3.63, 3.8) is 0 Å². The highest BCUT2D eigenvalue weighted by Crippen LogP contribution is 2.35. The molecule has 0 saturated heterocycles. The van der Waals surface area contributed by atoms with Crippen molar-refractivity contribution in [3.8, 4) is 23.0 Å². The molecule has 184 valence electrons. The van der Waals surface area contributed by atoms with Crippen molar-refractivity contribution in [1.82, 2.24) is 4.98 Å². The zero-order valence-electron chi connectivity index (χ0n) is 19.8. The van der Waals surface area contributed by atoms with Gasteiger partial charge in [0.15, 0.2) is 5.58 Å². The zero-order chi connectivity index (χ0) is 26.1. The van der Waals surface area contributed by atoms with E-state index in [0.717, 1.165) is 20.8 Å². The summed E-state index contributed by atoms with van der Waals surface area (Å²) in [7, 11) is 0. The number of aliphatic imine (C=N–C) groups is 1. The molecule has 0 unspecified atom stereocenters. The third kappa shape index (κ3) is 4.92. The Morgan fingerprint density at radius 3 is 2.47 bits per heavy atom. The van der Waals surface area contributed by atoms with E-state index in [1.54, 1.807) is 48.7 Å². The molecule has 0 saturated carbocycles. The van der Waals surface area contributed by atoms with E-state index in [0.29, 0.717) is 39.6 Å². The molecule has 6 aromatic rings. The van der Waals surface area contributed by atoms with Crippen LogP contribution < -0.4 is 4.74 Å². The minimum absolute atomic E-state index is 0.110. The Labute approximate surface area is 226 Å². The maximum absolute atomic E-state index is 12.3. The van der Waals surface area contributed by atoms with Crippen molar-refractivity contribution in [3.05, 3.63) is 119 Å². The Hall–Kier alpha value is -4.75. The lowest BCUT2D eigenvalue weighted by Crippen LogP contribution is -2.08.